The van der Waals surface area contributed by atoms with Crippen LogP contribution in [-0.2, 0) is 0 Å². The number of rotatable bonds is 4. The van der Waals surface area contributed by atoms with Crippen LogP contribution in [0, 0.1) is 28.3 Å². The molecule has 1 aromatic rings. The number of halogens is 1. The molecule has 0 fully saturated rings. The molecule has 0 bridgehead atoms. The van der Waals surface area contributed by atoms with E-state index in [1.165, 1.54) is 0 Å². The number of nitro benzene ring substituents is 1. The molecule has 5 heteroatoms. The molecule has 0 saturated heterocycles. The van der Waals surface area contributed by atoms with Crippen molar-refractivity contribution in [1.82, 2.24) is 0 Å². The molecule has 0 radical (unpaired) electrons. The Hall–Kier alpha value is -2.09. The minimum absolute atomic E-state index is 0.146. The van der Waals surface area contributed by atoms with Gasteiger partial charge in [-0.05, 0) is 13.0 Å². The minimum atomic E-state index is -0.565. The van der Waals surface area contributed by atoms with E-state index in [2.05, 4.69) is 11.2 Å². The normalized spacial score (nSPS) is 11.6. The van der Waals surface area contributed by atoms with E-state index in [1.54, 1.807) is 6.92 Å². The van der Waals surface area contributed by atoms with E-state index < -0.39 is 10.7 Å². The number of benzene rings is 1. The Morgan fingerprint density at radius 1 is 1.69 bits per heavy atom. The molecule has 1 unspecified atom stereocenters. The fraction of sp³-hybridized carbons (Fsp3) is 0.273. The van der Waals surface area contributed by atoms with Crippen LogP contribution in [0.15, 0.2) is 18.2 Å². The van der Waals surface area contributed by atoms with Crippen molar-refractivity contribution in [2.75, 3.05) is 5.32 Å². The monoisotopic (exact) mass is 222 g/mol. The summed E-state index contributed by atoms with van der Waals surface area (Å²) in [5, 5.41) is 13.5. The molecule has 84 valence electrons. The van der Waals surface area contributed by atoms with Crippen LogP contribution in [0.1, 0.15) is 13.3 Å². The summed E-state index contributed by atoms with van der Waals surface area (Å²) in [6.45, 7) is 1.77. The Morgan fingerprint density at radius 2 is 2.38 bits per heavy atom. The summed E-state index contributed by atoms with van der Waals surface area (Å²) in [5.41, 5.74) is -0.0157. The zero-order valence-electron chi connectivity index (χ0n) is 8.74. The second-order valence-corrected chi connectivity index (χ2v) is 3.37. The van der Waals surface area contributed by atoms with Crippen molar-refractivity contribution < 1.29 is 9.31 Å². The number of hydrogen-bond donors (Lipinski definition) is 1. The maximum Gasteiger partial charge on any atom is 0.292 e. The van der Waals surface area contributed by atoms with E-state index in [0.29, 0.717) is 6.42 Å². The number of nitrogens with zero attached hydrogens (tertiary/aromatic N) is 1. The highest BCUT2D eigenvalue weighted by atomic mass is 19.1. The van der Waals surface area contributed by atoms with E-state index in [9.17, 15) is 14.5 Å². The summed E-state index contributed by atoms with van der Waals surface area (Å²) in [4.78, 5) is 10.1. The molecule has 0 aliphatic carbocycles. The number of nitrogens with one attached hydrogen (secondary N) is 1. The third-order valence-electron chi connectivity index (χ3n) is 1.98. The summed E-state index contributed by atoms with van der Waals surface area (Å²) >= 11 is 0. The first-order valence-electron chi connectivity index (χ1n) is 4.68. The van der Waals surface area contributed by atoms with Crippen molar-refractivity contribution in [3.8, 4) is 12.3 Å². The molecule has 1 aromatic carbocycles. The third-order valence-corrected chi connectivity index (χ3v) is 1.98. The number of terminal acetylenes is 1. The zero-order chi connectivity index (χ0) is 12.1. The molecule has 16 heavy (non-hydrogen) atoms. The Balaban J connectivity index is 2.97. The van der Waals surface area contributed by atoms with Gasteiger partial charge >= 0.3 is 0 Å². The van der Waals surface area contributed by atoms with Crippen molar-refractivity contribution in [2.45, 2.75) is 19.4 Å². The molecule has 0 heterocycles. The van der Waals surface area contributed by atoms with Gasteiger partial charge < -0.3 is 5.32 Å². The second-order valence-electron chi connectivity index (χ2n) is 3.37. The Labute approximate surface area is 92.6 Å². The van der Waals surface area contributed by atoms with Crippen molar-refractivity contribution >= 4 is 11.4 Å². The Morgan fingerprint density at radius 3 is 2.94 bits per heavy atom. The van der Waals surface area contributed by atoms with Gasteiger partial charge in [-0.25, -0.2) is 4.39 Å². The molecule has 0 amide bonds. The predicted molar refractivity (Wildman–Crippen MR) is 59.6 cm³/mol. The number of nitro groups is 1. The quantitative estimate of drug-likeness (QED) is 0.484. The maximum atomic E-state index is 12.9. The van der Waals surface area contributed by atoms with Gasteiger partial charge in [-0.15, -0.1) is 12.3 Å². The van der Waals surface area contributed by atoms with Gasteiger partial charge in [0.15, 0.2) is 0 Å². The van der Waals surface area contributed by atoms with Gasteiger partial charge in [0, 0.05) is 24.6 Å². The third kappa shape index (κ3) is 2.95. The summed E-state index contributed by atoms with van der Waals surface area (Å²) in [7, 11) is 0. The molecule has 0 aliphatic rings. The van der Waals surface area contributed by atoms with E-state index in [4.69, 9.17) is 6.42 Å². The highest BCUT2D eigenvalue weighted by Crippen LogP contribution is 2.25. The van der Waals surface area contributed by atoms with E-state index in [0.717, 1.165) is 18.2 Å². The van der Waals surface area contributed by atoms with Crippen LogP contribution < -0.4 is 5.32 Å². The average molecular weight is 222 g/mol. The highest BCUT2D eigenvalue weighted by Gasteiger charge is 2.15. The van der Waals surface area contributed by atoms with Crippen LogP contribution in [-0.4, -0.2) is 11.0 Å². The zero-order valence-corrected chi connectivity index (χ0v) is 8.74. The number of anilines is 1. The average Bonchev–Trinajstić information content (AvgIpc) is 2.17. The largest absolute Gasteiger partial charge is 0.376 e. The maximum absolute atomic E-state index is 12.9. The van der Waals surface area contributed by atoms with Gasteiger partial charge in [0.2, 0.25) is 0 Å². The van der Waals surface area contributed by atoms with Gasteiger partial charge in [0.05, 0.1) is 4.92 Å². The second kappa shape index (κ2) is 5.12. The summed E-state index contributed by atoms with van der Waals surface area (Å²) in [6.07, 6.45) is 5.52. The van der Waals surface area contributed by atoms with Crippen molar-refractivity contribution in [3.05, 3.63) is 34.1 Å². The van der Waals surface area contributed by atoms with Gasteiger partial charge in [0.25, 0.3) is 5.69 Å². The molecular weight excluding hydrogens is 211 g/mol. The fourth-order valence-electron chi connectivity index (χ4n) is 1.28. The fourth-order valence-corrected chi connectivity index (χ4v) is 1.28. The topological polar surface area (TPSA) is 55.2 Å². The molecular formula is C11H11FN2O2. The van der Waals surface area contributed by atoms with E-state index in [1.807, 2.05) is 0 Å². The summed E-state index contributed by atoms with van der Waals surface area (Å²) in [6, 6.07) is 3.12. The first kappa shape index (κ1) is 12.0. The molecule has 0 aliphatic heterocycles. The van der Waals surface area contributed by atoms with Crippen LogP contribution in [0.3, 0.4) is 0 Å². The Bertz CT molecular complexity index is 440. The lowest BCUT2D eigenvalue weighted by Crippen LogP contribution is -2.15. The van der Waals surface area contributed by atoms with Crippen molar-refractivity contribution in [3.63, 3.8) is 0 Å². The smallest absolute Gasteiger partial charge is 0.292 e. The van der Waals surface area contributed by atoms with Crippen molar-refractivity contribution in [1.29, 1.82) is 0 Å². The first-order chi connectivity index (χ1) is 7.54. The summed E-state index contributed by atoms with van der Waals surface area (Å²) < 4.78 is 12.9. The Kier molecular flexibility index (Phi) is 3.84. The lowest BCUT2D eigenvalue weighted by Gasteiger charge is -2.12. The molecule has 0 spiro atoms. The van der Waals surface area contributed by atoms with Crippen LogP contribution in [0.4, 0.5) is 15.8 Å². The van der Waals surface area contributed by atoms with E-state index >= 15 is 0 Å². The van der Waals surface area contributed by atoms with Crippen LogP contribution in [0.25, 0.3) is 0 Å². The van der Waals surface area contributed by atoms with Crippen molar-refractivity contribution in [2.24, 2.45) is 0 Å². The van der Waals surface area contributed by atoms with Gasteiger partial charge in [-0.3, -0.25) is 10.1 Å². The van der Waals surface area contributed by atoms with Gasteiger partial charge in [-0.2, -0.15) is 0 Å². The SMILES string of the molecule is C#CCC(C)Nc1cc(F)ccc1[N+](=O)[O-]. The molecule has 0 aromatic heterocycles. The highest BCUT2D eigenvalue weighted by molar-refractivity contribution is 5.61. The summed E-state index contributed by atoms with van der Waals surface area (Å²) in [5.74, 6) is 1.90. The van der Waals surface area contributed by atoms with Crippen LogP contribution in [0.5, 0.6) is 0 Å². The molecule has 1 rings (SSSR count). The van der Waals surface area contributed by atoms with Gasteiger partial charge in [0.1, 0.15) is 11.5 Å². The first-order valence-corrected chi connectivity index (χ1v) is 4.68. The molecule has 1 N–H and O–H groups in total. The molecule has 4 nitrogen and oxygen atoms in total. The molecule has 0 saturated carbocycles. The molecule has 1 atom stereocenters. The standard InChI is InChI=1S/C11H11FN2O2/c1-3-4-8(2)13-10-7-9(12)5-6-11(10)14(15)16/h1,5-8,13H,4H2,2H3. The lowest BCUT2D eigenvalue weighted by atomic mass is 10.2. The number of hydrogen-bond acceptors (Lipinski definition) is 3. The minimum Gasteiger partial charge on any atom is -0.376 e. The van der Waals surface area contributed by atoms with Crippen LogP contribution in [0.2, 0.25) is 0 Å². The lowest BCUT2D eigenvalue weighted by molar-refractivity contribution is -0.384. The predicted octanol–water partition coefficient (Wildman–Crippen LogP) is 2.56. The van der Waals surface area contributed by atoms with E-state index in [-0.39, 0.29) is 17.4 Å². The van der Waals surface area contributed by atoms with Crippen LogP contribution >= 0.6 is 0 Å². The van der Waals surface area contributed by atoms with Gasteiger partial charge in [-0.1, -0.05) is 0 Å².